The van der Waals surface area contributed by atoms with Crippen molar-refractivity contribution in [1.29, 1.82) is 0 Å². The molecule has 0 spiro atoms. The Hall–Kier alpha value is -1.27. The Morgan fingerprint density at radius 2 is 2.09 bits per heavy atom. The molecule has 0 amide bonds. The molecule has 2 rings (SSSR count). The molecule has 1 aliphatic heterocycles. The summed E-state index contributed by atoms with van der Waals surface area (Å²) >= 11 is 1.82. The van der Waals surface area contributed by atoms with Crippen molar-refractivity contribution in [2.24, 2.45) is 4.99 Å². The number of aliphatic imine (C=N–C) groups is 1. The van der Waals surface area contributed by atoms with Crippen molar-refractivity contribution in [3.63, 3.8) is 0 Å². The van der Waals surface area contributed by atoms with E-state index in [-0.39, 0.29) is 0 Å². The van der Waals surface area contributed by atoms with Crippen molar-refractivity contribution in [3.8, 4) is 0 Å². The van der Waals surface area contributed by atoms with E-state index >= 15 is 0 Å². The molecule has 0 saturated carbocycles. The topological polar surface area (TPSA) is 34.1 Å². The van der Waals surface area contributed by atoms with Gasteiger partial charge in [-0.3, -0.25) is 4.99 Å². The highest BCUT2D eigenvalue weighted by atomic mass is 32.1. The van der Waals surface area contributed by atoms with Crippen LogP contribution < -0.4 is 10.2 Å². The summed E-state index contributed by atoms with van der Waals surface area (Å²) in [6.45, 7) is 10.6. The first-order valence-corrected chi connectivity index (χ1v) is 8.94. The van der Waals surface area contributed by atoms with Gasteiger partial charge in [0.25, 0.3) is 0 Å². The Morgan fingerprint density at radius 1 is 1.36 bits per heavy atom. The third kappa shape index (κ3) is 4.61. The number of thiophene rings is 1. The minimum absolute atomic E-state index is 0.582. The lowest BCUT2D eigenvalue weighted by atomic mass is 10.3. The third-order valence-corrected chi connectivity index (χ3v) is 5.17. The number of guanidine groups is 1. The summed E-state index contributed by atoms with van der Waals surface area (Å²) in [5.74, 6) is 1.03. The van der Waals surface area contributed by atoms with Crippen LogP contribution >= 0.6 is 11.3 Å². The molecule has 0 bridgehead atoms. The Morgan fingerprint density at radius 3 is 2.64 bits per heavy atom. The van der Waals surface area contributed by atoms with Crippen LogP contribution in [0.2, 0.25) is 0 Å². The third-order valence-electron chi connectivity index (χ3n) is 4.24. The van der Waals surface area contributed by atoms with Crippen LogP contribution in [-0.4, -0.2) is 75.2 Å². The predicted octanol–water partition coefficient (Wildman–Crippen LogP) is 1.79. The van der Waals surface area contributed by atoms with Gasteiger partial charge in [-0.25, -0.2) is 0 Å². The van der Waals surface area contributed by atoms with Crippen LogP contribution in [0.25, 0.3) is 0 Å². The SMILES string of the molecule is CN=C(NCCN(C)C(C)C)N1CCN(c2cccs2)CC1. The summed E-state index contributed by atoms with van der Waals surface area (Å²) in [5, 5.41) is 7.02. The smallest absolute Gasteiger partial charge is 0.193 e. The minimum Gasteiger partial charge on any atom is -0.360 e. The highest BCUT2D eigenvalue weighted by Gasteiger charge is 2.20. The van der Waals surface area contributed by atoms with Crippen LogP contribution in [0.4, 0.5) is 5.00 Å². The van der Waals surface area contributed by atoms with Gasteiger partial charge in [0.2, 0.25) is 0 Å². The number of rotatable bonds is 5. The second-order valence-corrected chi connectivity index (χ2v) is 6.90. The Kier molecular flexibility index (Phi) is 6.51. The van der Waals surface area contributed by atoms with Crippen LogP contribution in [-0.2, 0) is 0 Å². The number of nitrogens with one attached hydrogen (secondary N) is 1. The van der Waals surface area contributed by atoms with E-state index in [1.54, 1.807) is 0 Å². The monoisotopic (exact) mass is 323 g/mol. The summed E-state index contributed by atoms with van der Waals surface area (Å²) < 4.78 is 0. The van der Waals surface area contributed by atoms with Crippen LogP contribution in [0.1, 0.15) is 13.8 Å². The van der Waals surface area contributed by atoms with E-state index in [0.717, 1.165) is 45.2 Å². The molecule has 0 aromatic carbocycles. The molecule has 0 atom stereocenters. The van der Waals surface area contributed by atoms with Crippen LogP contribution in [0, 0.1) is 0 Å². The number of likely N-dealkylation sites (N-methyl/N-ethyl adjacent to an activating group) is 1. The summed E-state index contributed by atoms with van der Waals surface area (Å²) in [6, 6.07) is 4.91. The number of piperazine rings is 1. The zero-order valence-corrected chi connectivity index (χ0v) is 15.1. The molecular weight excluding hydrogens is 294 g/mol. The van der Waals surface area contributed by atoms with Crippen molar-refractivity contribution in [2.45, 2.75) is 19.9 Å². The molecule has 124 valence electrons. The zero-order valence-electron chi connectivity index (χ0n) is 14.2. The number of hydrogen-bond donors (Lipinski definition) is 1. The van der Waals surface area contributed by atoms with E-state index in [9.17, 15) is 0 Å². The number of anilines is 1. The van der Waals surface area contributed by atoms with Crippen molar-refractivity contribution >= 4 is 22.3 Å². The van der Waals surface area contributed by atoms with E-state index < -0.39 is 0 Å². The fraction of sp³-hybridized carbons (Fsp3) is 0.688. The van der Waals surface area contributed by atoms with E-state index in [1.807, 2.05) is 18.4 Å². The van der Waals surface area contributed by atoms with Crippen LogP contribution in [0.15, 0.2) is 22.5 Å². The summed E-state index contributed by atoms with van der Waals surface area (Å²) in [7, 11) is 4.04. The van der Waals surface area contributed by atoms with Crippen molar-refractivity contribution in [3.05, 3.63) is 17.5 Å². The molecule has 22 heavy (non-hydrogen) atoms. The van der Waals surface area contributed by atoms with Crippen molar-refractivity contribution < 1.29 is 0 Å². The van der Waals surface area contributed by atoms with E-state index in [4.69, 9.17) is 0 Å². The lowest BCUT2D eigenvalue weighted by molar-refractivity contribution is 0.275. The van der Waals surface area contributed by atoms with Gasteiger partial charge < -0.3 is 20.0 Å². The molecule has 6 heteroatoms. The molecular formula is C16H29N5S. The van der Waals surface area contributed by atoms with Gasteiger partial charge in [-0.15, -0.1) is 11.3 Å². The predicted molar refractivity (Wildman–Crippen MR) is 97.2 cm³/mol. The molecule has 1 aromatic rings. The summed E-state index contributed by atoms with van der Waals surface area (Å²) in [4.78, 5) is 11.6. The fourth-order valence-corrected chi connectivity index (χ4v) is 3.31. The molecule has 1 fully saturated rings. The summed E-state index contributed by atoms with van der Waals surface area (Å²) in [6.07, 6.45) is 0. The van der Waals surface area contributed by atoms with Gasteiger partial charge in [-0.2, -0.15) is 0 Å². The number of nitrogens with zero attached hydrogens (tertiary/aromatic N) is 4. The average molecular weight is 324 g/mol. The van der Waals surface area contributed by atoms with Gasteiger partial charge in [0.1, 0.15) is 0 Å². The van der Waals surface area contributed by atoms with Crippen LogP contribution in [0.3, 0.4) is 0 Å². The van der Waals surface area contributed by atoms with Gasteiger partial charge in [-0.05, 0) is 38.4 Å². The van der Waals surface area contributed by atoms with Crippen molar-refractivity contribution in [2.75, 3.05) is 58.3 Å². The second kappa shape index (κ2) is 8.39. The lowest BCUT2D eigenvalue weighted by Crippen LogP contribution is -2.53. The molecule has 0 aliphatic carbocycles. The fourth-order valence-electron chi connectivity index (χ4n) is 2.52. The van der Waals surface area contributed by atoms with Gasteiger partial charge >= 0.3 is 0 Å². The molecule has 1 aliphatic rings. The van der Waals surface area contributed by atoms with Gasteiger partial charge in [-0.1, -0.05) is 0 Å². The molecule has 1 aromatic heterocycles. The molecule has 0 unspecified atom stereocenters. The minimum atomic E-state index is 0.582. The standard InChI is InChI=1S/C16H29N5S/c1-14(2)19(4)8-7-18-16(17-3)21-11-9-20(10-12-21)15-6-5-13-22-15/h5-6,13-14H,7-12H2,1-4H3,(H,17,18). The van der Waals surface area contributed by atoms with Gasteiger partial charge in [0.05, 0.1) is 5.00 Å². The molecule has 1 saturated heterocycles. The molecule has 1 N–H and O–H groups in total. The van der Waals surface area contributed by atoms with Gasteiger partial charge in [0.15, 0.2) is 5.96 Å². The second-order valence-electron chi connectivity index (χ2n) is 5.97. The van der Waals surface area contributed by atoms with Gasteiger partial charge in [0, 0.05) is 52.4 Å². The maximum Gasteiger partial charge on any atom is 0.193 e. The average Bonchev–Trinajstić information content (AvgIpc) is 3.06. The molecule has 2 heterocycles. The van der Waals surface area contributed by atoms with E-state index in [0.29, 0.717) is 6.04 Å². The zero-order chi connectivity index (χ0) is 15.9. The number of hydrogen-bond acceptors (Lipinski definition) is 4. The molecule has 5 nitrogen and oxygen atoms in total. The Bertz CT molecular complexity index is 449. The Labute approximate surface area is 138 Å². The van der Waals surface area contributed by atoms with E-state index in [1.165, 1.54) is 5.00 Å². The summed E-state index contributed by atoms with van der Waals surface area (Å²) in [5.41, 5.74) is 0. The first-order chi connectivity index (χ1) is 10.6. The largest absolute Gasteiger partial charge is 0.360 e. The molecule has 0 radical (unpaired) electrons. The van der Waals surface area contributed by atoms with Crippen LogP contribution in [0.5, 0.6) is 0 Å². The lowest BCUT2D eigenvalue weighted by Gasteiger charge is -2.37. The normalized spacial score (nSPS) is 16.7. The van der Waals surface area contributed by atoms with Crippen molar-refractivity contribution in [1.82, 2.24) is 15.1 Å². The maximum atomic E-state index is 4.44. The first kappa shape index (κ1) is 17.1. The quantitative estimate of drug-likeness (QED) is 0.662. The Balaban J connectivity index is 1.76. The highest BCUT2D eigenvalue weighted by Crippen LogP contribution is 2.22. The highest BCUT2D eigenvalue weighted by molar-refractivity contribution is 7.14. The first-order valence-electron chi connectivity index (χ1n) is 8.06. The van der Waals surface area contributed by atoms with E-state index in [2.05, 4.69) is 63.4 Å². The maximum absolute atomic E-state index is 4.44.